The van der Waals surface area contributed by atoms with Crippen molar-refractivity contribution in [1.29, 1.82) is 5.26 Å². The second-order valence-electron chi connectivity index (χ2n) is 6.39. The highest BCUT2D eigenvalue weighted by Crippen LogP contribution is 2.35. The summed E-state index contributed by atoms with van der Waals surface area (Å²) in [5.41, 5.74) is 4.44. The Balaban J connectivity index is 1.61. The molecule has 126 valence electrons. The minimum atomic E-state index is 0.447. The summed E-state index contributed by atoms with van der Waals surface area (Å²) in [6, 6.07) is 9.86. The Morgan fingerprint density at radius 3 is 2.67 bits per heavy atom. The normalized spacial score (nSPS) is 17.8. The number of hydrogen-bond donors (Lipinski definition) is 0. The Kier molecular flexibility index (Phi) is 4.86. The number of nitriles is 1. The molecule has 0 amide bonds. The van der Waals surface area contributed by atoms with Gasteiger partial charge in [0.15, 0.2) is 0 Å². The van der Waals surface area contributed by atoms with Crippen molar-refractivity contribution >= 4 is 0 Å². The summed E-state index contributed by atoms with van der Waals surface area (Å²) < 4.78 is 7.83. The molecule has 0 unspecified atom stereocenters. The summed E-state index contributed by atoms with van der Waals surface area (Å²) >= 11 is 0. The second kappa shape index (κ2) is 7.06. The van der Waals surface area contributed by atoms with Crippen molar-refractivity contribution in [2.75, 3.05) is 19.7 Å². The van der Waals surface area contributed by atoms with Crippen LogP contribution < -0.4 is 4.74 Å². The maximum atomic E-state index is 8.83. The Hall–Kier alpha value is -2.32. The maximum absolute atomic E-state index is 8.83. The van der Waals surface area contributed by atoms with Crippen LogP contribution in [0.4, 0.5) is 0 Å². The molecule has 1 aliphatic heterocycles. The van der Waals surface area contributed by atoms with Gasteiger partial charge >= 0.3 is 0 Å². The first-order valence-corrected chi connectivity index (χ1v) is 8.47. The number of hydrogen-bond acceptors (Lipinski definition) is 4. The zero-order chi connectivity index (χ0) is 17.1. The standard InChI is InChI=1S/C19H24N4O/c1-14-19(15(2)22(3)21-14)18-5-4-10-23(18)11-12-24-17-8-6-16(13-20)7-9-17/h6-9,18H,4-5,10-12H2,1-3H3/t18-/m0/s1. The van der Waals surface area contributed by atoms with Crippen LogP contribution in [0.5, 0.6) is 5.75 Å². The van der Waals surface area contributed by atoms with Crippen molar-refractivity contribution in [3.8, 4) is 11.8 Å². The molecule has 1 atom stereocenters. The smallest absolute Gasteiger partial charge is 0.119 e. The molecule has 5 heteroatoms. The third-order valence-electron chi connectivity index (χ3n) is 4.89. The molecule has 1 aromatic carbocycles. The van der Waals surface area contributed by atoms with Crippen LogP contribution in [0.3, 0.4) is 0 Å². The van der Waals surface area contributed by atoms with Crippen LogP contribution in [0.2, 0.25) is 0 Å². The van der Waals surface area contributed by atoms with Crippen LogP contribution in [-0.2, 0) is 7.05 Å². The van der Waals surface area contributed by atoms with E-state index >= 15 is 0 Å². The summed E-state index contributed by atoms with van der Waals surface area (Å²) in [6.07, 6.45) is 2.40. The predicted octanol–water partition coefficient (Wildman–Crippen LogP) is 3.12. The minimum absolute atomic E-state index is 0.447. The van der Waals surface area contributed by atoms with Gasteiger partial charge in [-0.15, -0.1) is 0 Å². The Morgan fingerprint density at radius 1 is 1.29 bits per heavy atom. The van der Waals surface area contributed by atoms with Crippen molar-refractivity contribution in [2.24, 2.45) is 7.05 Å². The summed E-state index contributed by atoms with van der Waals surface area (Å²) in [5, 5.41) is 13.4. The van der Waals surface area contributed by atoms with Crippen LogP contribution >= 0.6 is 0 Å². The summed E-state index contributed by atoms with van der Waals surface area (Å²) in [6.45, 7) is 6.92. The molecule has 1 aromatic heterocycles. The van der Waals surface area contributed by atoms with E-state index in [1.807, 2.05) is 23.9 Å². The van der Waals surface area contributed by atoms with E-state index < -0.39 is 0 Å². The van der Waals surface area contributed by atoms with Crippen molar-refractivity contribution < 1.29 is 4.74 Å². The first-order chi connectivity index (χ1) is 11.6. The lowest BCUT2D eigenvalue weighted by Gasteiger charge is -2.25. The lowest BCUT2D eigenvalue weighted by atomic mass is 10.0. The van der Waals surface area contributed by atoms with Gasteiger partial charge in [0.1, 0.15) is 12.4 Å². The molecule has 3 rings (SSSR count). The molecular formula is C19H24N4O. The molecule has 1 aliphatic rings. The van der Waals surface area contributed by atoms with Gasteiger partial charge in [-0.1, -0.05) is 0 Å². The molecule has 1 fully saturated rings. The molecular weight excluding hydrogens is 300 g/mol. The molecule has 0 saturated carbocycles. The minimum Gasteiger partial charge on any atom is -0.492 e. The molecule has 0 bridgehead atoms. The van der Waals surface area contributed by atoms with E-state index in [-0.39, 0.29) is 0 Å². The summed E-state index contributed by atoms with van der Waals surface area (Å²) in [4.78, 5) is 2.50. The third kappa shape index (κ3) is 3.29. The number of likely N-dealkylation sites (tertiary alicyclic amines) is 1. The third-order valence-corrected chi connectivity index (χ3v) is 4.89. The Morgan fingerprint density at radius 2 is 2.04 bits per heavy atom. The number of aromatic nitrogens is 2. The Bertz CT molecular complexity index is 742. The fourth-order valence-electron chi connectivity index (χ4n) is 3.60. The molecule has 2 aromatic rings. The van der Waals surface area contributed by atoms with Crippen molar-refractivity contribution in [1.82, 2.24) is 14.7 Å². The van der Waals surface area contributed by atoms with E-state index in [9.17, 15) is 0 Å². The fourth-order valence-corrected chi connectivity index (χ4v) is 3.60. The molecule has 1 saturated heterocycles. The van der Waals surface area contributed by atoms with Gasteiger partial charge in [-0.25, -0.2) is 0 Å². The first kappa shape index (κ1) is 16.5. The SMILES string of the molecule is Cc1nn(C)c(C)c1[C@@H]1CCCN1CCOc1ccc(C#N)cc1. The topological polar surface area (TPSA) is 54.1 Å². The highest BCUT2D eigenvalue weighted by Gasteiger charge is 2.30. The van der Waals surface area contributed by atoms with Crippen molar-refractivity contribution in [2.45, 2.75) is 32.7 Å². The first-order valence-electron chi connectivity index (χ1n) is 8.47. The van der Waals surface area contributed by atoms with Gasteiger partial charge in [0.2, 0.25) is 0 Å². The van der Waals surface area contributed by atoms with Crippen LogP contribution in [0.1, 0.15) is 41.4 Å². The van der Waals surface area contributed by atoms with E-state index in [2.05, 4.69) is 29.9 Å². The van der Waals surface area contributed by atoms with Gasteiger partial charge in [0.05, 0.1) is 17.3 Å². The zero-order valence-corrected chi connectivity index (χ0v) is 14.6. The monoisotopic (exact) mass is 324 g/mol. The van der Waals surface area contributed by atoms with E-state index in [0.717, 1.165) is 24.5 Å². The number of nitrogens with zero attached hydrogens (tertiary/aromatic N) is 4. The molecule has 2 heterocycles. The number of aryl methyl sites for hydroxylation is 2. The van der Waals surface area contributed by atoms with Crippen molar-refractivity contribution in [3.63, 3.8) is 0 Å². The molecule has 0 radical (unpaired) electrons. The molecule has 0 N–H and O–H groups in total. The summed E-state index contributed by atoms with van der Waals surface area (Å²) in [7, 11) is 2.01. The molecule has 0 spiro atoms. The van der Waals surface area contributed by atoms with Crippen LogP contribution in [0, 0.1) is 25.2 Å². The van der Waals surface area contributed by atoms with Crippen LogP contribution in [0.15, 0.2) is 24.3 Å². The van der Waals surface area contributed by atoms with Crippen LogP contribution in [-0.4, -0.2) is 34.4 Å². The lowest BCUT2D eigenvalue weighted by molar-refractivity contribution is 0.197. The highest BCUT2D eigenvalue weighted by atomic mass is 16.5. The highest BCUT2D eigenvalue weighted by molar-refractivity contribution is 5.34. The largest absolute Gasteiger partial charge is 0.492 e. The average Bonchev–Trinajstić information content (AvgIpc) is 3.12. The van der Waals surface area contributed by atoms with Gasteiger partial charge in [-0.2, -0.15) is 10.4 Å². The van der Waals surface area contributed by atoms with E-state index in [1.54, 1.807) is 12.1 Å². The number of ether oxygens (including phenoxy) is 1. The molecule has 0 aliphatic carbocycles. The van der Waals surface area contributed by atoms with Crippen LogP contribution in [0.25, 0.3) is 0 Å². The zero-order valence-electron chi connectivity index (χ0n) is 14.6. The maximum Gasteiger partial charge on any atom is 0.119 e. The lowest BCUT2D eigenvalue weighted by Crippen LogP contribution is -2.28. The number of benzene rings is 1. The van der Waals surface area contributed by atoms with Gasteiger partial charge < -0.3 is 4.74 Å². The van der Waals surface area contributed by atoms with Crippen molar-refractivity contribution in [3.05, 3.63) is 46.8 Å². The van der Waals surface area contributed by atoms with E-state index in [0.29, 0.717) is 18.2 Å². The second-order valence-corrected chi connectivity index (χ2v) is 6.39. The predicted molar refractivity (Wildman–Crippen MR) is 92.9 cm³/mol. The quantitative estimate of drug-likeness (QED) is 0.848. The van der Waals surface area contributed by atoms with E-state index in [1.165, 1.54) is 24.1 Å². The van der Waals surface area contributed by atoms with Gasteiger partial charge in [0.25, 0.3) is 0 Å². The Labute approximate surface area is 143 Å². The fraction of sp³-hybridized carbons (Fsp3) is 0.474. The summed E-state index contributed by atoms with van der Waals surface area (Å²) in [5.74, 6) is 0.818. The molecule has 24 heavy (non-hydrogen) atoms. The van der Waals surface area contributed by atoms with Gasteiger partial charge in [-0.05, 0) is 57.5 Å². The van der Waals surface area contributed by atoms with Gasteiger partial charge in [-0.3, -0.25) is 9.58 Å². The average molecular weight is 324 g/mol. The van der Waals surface area contributed by atoms with Gasteiger partial charge in [0, 0.05) is 30.9 Å². The van der Waals surface area contributed by atoms with E-state index in [4.69, 9.17) is 10.00 Å². The molecule has 5 nitrogen and oxygen atoms in total. The number of rotatable bonds is 5.